The van der Waals surface area contributed by atoms with E-state index in [2.05, 4.69) is 81.8 Å². The molecule has 0 radical (unpaired) electrons. The summed E-state index contributed by atoms with van der Waals surface area (Å²) in [5.41, 5.74) is 3.56. The Kier molecular flexibility index (Phi) is 6.92. The normalized spacial score (nSPS) is 11.7. The lowest BCUT2D eigenvalue weighted by molar-refractivity contribution is 0.408. The average Bonchev–Trinajstić information content (AvgIpc) is 2.31. The van der Waals surface area contributed by atoms with E-state index in [0.717, 1.165) is 13.7 Å². The number of halogens is 2. The van der Waals surface area contributed by atoms with Crippen molar-refractivity contribution in [1.29, 1.82) is 0 Å². The standard InChI is InChI=1S/C13H17I2N3OS/c1-13(2,3)7-16-12(20)18-17-6-8-4-9(14)5-10(15)11(8)19/h4-6,19H,7H2,1-3H3,(H2,16,18,20). The van der Waals surface area contributed by atoms with Gasteiger partial charge in [-0.25, -0.2) is 0 Å². The Labute approximate surface area is 152 Å². The summed E-state index contributed by atoms with van der Waals surface area (Å²) in [5, 5.41) is 17.5. The molecule has 0 aromatic heterocycles. The molecule has 0 heterocycles. The van der Waals surface area contributed by atoms with Crippen molar-refractivity contribution in [1.82, 2.24) is 10.7 Å². The zero-order valence-electron chi connectivity index (χ0n) is 11.5. The fraction of sp³-hybridized carbons (Fsp3) is 0.385. The van der Waals surface area contributed by atoms with Gasteiger partial charge in [0, 0.05) is 15.7 Å². The zero-order chi connectivity index (χ0) is 15.3. The van der Waals surface area contributed by atoms with Crippen molar-refractivity contribution in [3.05, 3.63) is 24.8 Å². The average molecular weight is 517 g/mol. The molecule has 0 atom stereocenters. The van der Waals surface area contributed by atoms with Gasteiger partial charge in [0.25, 0.3) is 0 Å². The van der Waals surface area contributed by atoms with Crippen LogP contribution in [-0.4, -0.2) is 23.0 Å². The molecule has 0 spiro atoms. The third kappa shape index (κ3) is 6.53. The molecule has 0 saturated heterocycles. The quantitative estimate of drug-likeness (QED) is 0.249. The zero-order valence-corrected chi connectivity index (χ0v) is 16.6. The minimum Gasteiger partial charge on any atom is -0.506 e. The van der Waals surface area contributed by atoms with E-state index in [4.69, 9.17) is 12.2 Å². The number of hydrogen-bond acceptors (Lipinski definition) is 3. The van der Waals surface area contributed by atoms with Crippen molar-refractivity contribution in [2.24, 2.45) is 10.5 Å². The number of hydrazone groups is 1. The van der Waals surface area contributed by atoms with Crippen molar-refractivity contribution >= 4 is 68.7 Å². The number of nitrogens with zero attached hydrogens (tertiary/aromatic N) is 1. The highest BCUT2D eigenvalue weighted by Crippen LogP contribution is 2.25. The van der Waals surface area contributed by atoms with Crippen molar-refractivity contribution in [3.8, 4) is 5.75 Å². The molecule has 4 nitrogen and oxygen atoms in total. The number of phenolic OH excluding ortho intramolecular Hbond substituents is 1. The first-order valence-corrected chi connectivity index (χ1v) is 8.50. The molecule has 7 heteroatoms. The first-order valence-electron chi connectivity index (χ1n) is 5.94. The SMILES string of the molecule is CC(C)(C)CNC(=S)NN=Cc1cc(I)cc(I)c1O. The Morgan fingerprint density at radius 3 is 2.65 bits per heavy atom. The molecule has 0 saturated carbocycles. The summed E-state index contributed by atoms with van der Waals surface area (Å²) in [6, 6.07) is 3.76. The van der Waals surface area contributed by atoms with Crippen molar-refractivity contribution in [2.45, 2.75) is 20.8 Å². The predicted octanol–water partition coefficient (Wildman–Crippen LogP) is 3.45. The molecular formula is C13H17I2N3OS. The highest BCUT2D eigenvalue weighted by atomic mass is 127. The lowest BCUT2D eigenvalue weighted by Gasteiger charge is -2.19. The molecule has 1 aromatic carbocycles. The third-order valence-corrected chi connectivity index (χ3v) is 3.89. The molecule has 20 heavy (non-hydrogen) atoms. The molecule has 1 rings (SSSR count). The molecule has 0 fully saturated rings. The molecule has 110 valence electrons. The van der Waals surface area contributed by atoms with E-state index in [1.54, 1.807) is 6.21 Å². The molecule has 0 aliphatic rings. The van der Waals surface area contributed by atoms with Crippen molar-refractivity contribution < 1.29 is 5.11 Å². The van der Waals surface area contributed by atoms with Gasteiger partial charge >= 0.3 is 0 Å². The van der Waals surface area contributed by atoms with E-state index >= 15 is 0 Å². The van der Waals surface area contributed by atoms with Crippen LogP contribution < -0.4 is 10.7 Å². The number of rotatable bonds is 3. The van der Waals surface area contributed by atoms with Crippen molar-refractivity contribution in [3.63, 3.8) is 0 Å². The Hall–Kier alpha value is -0.160. The van der Waals surface area contributed by atoms with E-state index in [0.29, 0.717) is 10.7 Å². The van der Waals surface area contributed by atoms with Gasteiger partial charge in [-0.1, -0.05) is 20.8 Å². The summed E-state index contributed by atoms with van der Waals surface area (Å²) < 4.78 is 1.84. The van der Waals surface area contributed by atoms with Crippen LogP contribution in [0.25, 0.3) is 0 Å². The first-order chi connectivity index (χ1) is 9.19. The largest absolute Gasteiger partial charge is 0.506 e. The summed E-state index contributed by atoms with van der Waals surface area (Å²) >= 11 is 9.41. The number of phenols is 1. The number of hydrogen-bond donors (Lipinski definition) is 3. The first kappa shape index (κ1) is 17.9. The molecule has 0 aliphatic heterocycles. The van der Waals surface area contributed by atoms with Crippen molar-refractivity contribution in [2.75, 3.05) is 6.54 Å². The maximum Gasteiger partial charge on any atom is 0.186 e. The fourth-order valence-electron chi connectivity index (χ4n) is 1.23. The summed E-state index contributed by atoms with van der Waals surface area (Å²) in [6.45, 7) is 7.13. The van der Waals surface area contributed by atoms with Gasteiger partial charge in [-0.15, -0.1) is 0 Å². The number of benzene rings is 1. The second-order valence-corrected chi connectivity index (χ2v) is 8.25. The van der Waals surface area contributed by atoms with Gasteiger partial charge in [0.15, 0.2) is 5.11 Å². The number of nitrogens with one attached hydrogen (secondary N) is 2. The van der Waals surface area contributed by atoms with Gasteiger partial charge in [0.05, 0.1) is 9.78 Å². The minimum absolute atomic E-state index is 0.152. The van der Waals surface area contributed by atoms with Crippen LogP contribution in [-0.2, 0) is 0 Å². The van der Waals surface area contributed by atoms with Gasteiger partial charge < -0.3 is 10.4 Å². The number of thiocarbonyl (C=S) groups is 1. The highest BCUT2D eigenvalue weighted by molar-refractivity contribution is 14.1. The summed E-state index contributed by atoms with van der Waals surface area (Å²) in [4.78, 5) is 0. The van der Waals surface area contributed by atoms with Crippen LogP contribution in [0.1, 0.15) is 26.3 Å². The van der Waals surface area contributed by atoms with Crippen LogP contribution in [0.2, 0.25) is 0 Å². The predicted molar refractivity (Wildman–Crippen MR) is 104 cm³/mol. The van der Waals surface area contributed by atoms with Gasteiger partial charge in [-0.05, 0) is 74.9 Å². The van der Waals surface area contributed by atoms with E-state index < -0.39 is 0 Å². The number of aromatic hydroxyl groups is 1. The van der Waals surface area contributed by atoms with E-state index in [1.807, 2.05) is 12.1 Å². The van der Waals surface area contributed by atoms with Gasteiger partial charge in [0.2, 0.25) is 0 Å². The lowest BCUT2D eigenvalue weighted by Crippen LogP contribution is -2.37. The molecule has 3 N–H and O–H groups in total. The lowest BCUT2D eigenvalue weighted by atomic mass is 9.97. The van der Waals surface area contributed by atoms with Gasteiger partial charge in [0.1, 0.15) is 5.75 Å². The highest BCUT2D eigenvalue weighted by Gasteiger charge is 2.10. The van der Waals surface area contributed by atoms with Crippen LogP contribution in [0.4, 0.5) is 0 Å². The maximum atomic E-state index is 9.92. The van der Waals surface area contributed by atoms with Gasteiger partial charge in [-0.2, -0.15) is 5.10 Å². The summed E-state index contributed by atoms with van der Waals surface area (Å²) in [5.74, 6) is 0.227. The van der Waals surface area contributed by atoms with Crippen LogP contribution in [0, 0.1) is 12.6 Å². The molecule has 0 amide bonds. The van der Waals surface area contributed by atoms with Crippen LogP contribution >= 0.6 is 57.4 Å². The second kappa shape index (κ2) is 7.74. The summed E-state index contributed by atoms with van der Waals surface area (Å²) in [6.07, 6.45) is 1.56. The Bertz CT molecular complexity index is 527. The fourth-order valence-corrected chi connectivity index (χ4v) is 3.24. The molecule has 0 bridgehead atoms. The van der Waals surface area contributed by atoms with E-state index in [1.165, 1.54) is 0 Å². The van der Waals surface area contributed by atoms with E-state index in [-0.39, 0.29) is 11.2 Å². The third-order valence-electron chi connectivity index (χ3n) is 2.21. The molecular weight excluding hydrogens is 500 g/mol. The van der Waals surface area contributed by atoms with E-state index in [9.17, 15) is 5.11 Å². The monoisotopic (exact) mass is 517 g/mol. The Morgan fingerprint density at radius 1 is 1.40 bits per heavy atom. The van der Waals surface area contributed by atoms with Crippen LogP contribution in [0.3, 0.4) is 0 Å². The molecule has 1 aromatic rings. The van der Waals surface area contributed by atoms with Crippen LogP contribution in [0.15, 0.2) is 17.2 Å². The second-order valence-electron chi connectivity index (χ2n) is 5.44. The maximum absolute atomic E-state index is 9.92. The van der Waals surface area contributed by atoms with Gasteiger partial charge in [-0.3, -0.25) is 5.43 Å². The minimum atomic E-state index is 0.152. The summed E-state index contributed by atoms with van der Waals surface area (Å²) in [7, 11) is 0. The molecule has 0 unspecified atom stereocenters. The van der Waals surface area contributed by atoms with Crippen LogP contribution in [0.5, 0.6) is 5.75 Å². The Balaban J connectivity index is 2.59. The smallest absolute Gasteiger partial charge is 0.186 e. The topological polar surface area (TPSA) is 56.7 Å². The molecule has 0 aliphatic carbocycles. The Morgan fingerprint density at radius 2 is 2.05 bits per heavy atom.